The number of hydrazone groups is 2. The Bertz CT molecular complexity index is 614. The molecule has 4 N–H and O–H groups in total. The van der Waals surface area contributed by atoms with Gasteiger partial charge in [-0.05, 0) is 63.5 Å². The van der Waals surface area contributed by atoms with Crippen LogP contribution in [0.25, 0.3) is 0 Å². The summed E-state index contributed by atoms with van der Waals surface area (Å²) in [5.41, 5.74) is 4.43. The highest BCUT2D eigenvalue weighted by molar-refractivity contribution is 6.29. The van der Waals surface area contributed by atoms with E-state index >= 15 is 0 Å². The first-order valence-electron chi connectivity index (χ1n) is 11.2. The highest BCUT2D eigenvalue weighted by Crippen LogP contribution is 2.12. The lowest BCUT2D eigenvalue weighted by molar-refractivity contribution is 0.645. The highest BCUT2D eigenvalue weighted by atomic mass is 15.1. The Morgan fingerprint density at radius 3 is 1.37 bits per heavy atom. The largest absolute Gasteiger partial charge is 0.323 e. The van der Waals surface area contributed by atoms with Gasteiger partial charge in [0, 0.05) is 25.5 Å². The summed E-state index contributed by atoms with van der Waals surface area (Å²) in [4.78, 5) is 8.63. The Labute approximate surface area is 182 Å². The van der Waals surface area contributed by atoms with E-state index in [0.717, 1.165) is 50.2 Å². The Hall–Kier alpha value is -2.50. The first-order chi connectivity index (χ1) is 14.7. The molecule has 0 bridgehead atoms. The lowest BCUT2D eigenvalue weighted by Gasteiger charge is -2.05. The van der Waals surface area contributed by atoms with Crippen LogP contribution in [0.1, 0.15) is 76.3 Å². The van der Waals surface area contributed by atoms with E-state index in [4.69, 9.17) is 11.7 Å². The number of rotatable bonds is 16. The molecule has 0 radical (unpaired) electrons. The first kappa shape index (κ1) is 25.5. The van der Waals surface area contributed by atoms with Crippen LogP contribution in [0.2, 0.25) is 0 Å². The van der Waals surface area contributed by atoms with Crippen LogP contribution in [0, 0.1) is 0 Å². The standard InChI is InChI=1S/C24H40N6/c1-21(29-25)19-27-17-9-5-3-7-11-23-13-15-24(16-14-23)12-8-4-6-10-18-28-20-22(2)30-26/h13-16,19-20H,3-12,17-18,25-26H2,1-2H3. The van der Waals surface area contributed by atoms with Gasteiger partial charge in [0.05, 0.1) is 11.4 Å². The zero-order valence-corrected chi connectivity index (χ0v) is 18.9. The third kappa shape index (κ3) is 13.6. The van der Waals surface area contributed by atoms with Gasteiger partial charge in [0.15, 0.2) is 0 Å². The second kappa shape index (κ2) is 17.4. The second-order valence-corrected chi connectivity index (χ2v) is 7.76. The number of nitrogens with zero attached hydrogens (tertiary/aromatic N) is 4. The van der Waals surface area contributed by atoms with Crippen LogP contribution in [-0.2, 0) is 12.8 Å². The summed E-state index contributed by atoms with van der Waals surface area (Å²) in [5, 5.41) is 7.15. The van der Waals surface area contributed by atoms with Crippen molar-refractivity contribution in [2.45, 2.75) is 78.1 Å². The third-order valence-electron chi connectivity index (χ3n) is 4.99. The quantitative estimate of drug-likeness (QED) is 0.178. The van der Waals surface area contributed by atoms with E-state index in [0.29, 0.717) is 0 Å². The number of benzene rings is 1. The van der Waals surface area contributed by atoms with E-state index < -0.39 is 0 Å². The van der Waals surface area contributed by atoms with Crippen LogP contribution in [0.4, 0.5) is 0 Å². The fourth-order valence-corrected chi connectivity index (χ4v) is 3.10. The van der Waals surface area contributed by atoms with Crippen LogP contribution in [0.5, 0.6) is 0 Å². The fraction of sp³-hybridized carbons (Fsp3) is 0.583. The molecule has 0 atom stereocenters. The van der Waals surface area contributed by atoms with Crippen molar-refractivity contribution in [1.29, 1.82) is 0 Å². The van der Waals surface area contributed by atoms with Gasteiger partial charge in [0.1, 0.15) is 0 Å². The van der Waals surface area contributed by atoms with Crippen molar-refractivity contribution in [1.82, 2.24) is 0 Å². The molecule has 1 aromatic rings. The van der Waals surface area contributed by atoms with Gasteiger partial charge in [-0.2, -0.15) is 10.2 Å². The van der Waals surface area contributed by atoms with Gasteiger partial charge in [-0.1, -0.05) is 49.9 Å². The molecule has 30 heavy (non-hydrogen) atoms. The van der Waals surface area contributed by atoms with Crippen molar-refractivity contribution in [2.75, 3.05) is 13.1 Å². The van der Waals surface area contributed by atoms with Crippen LogP contribution in [0.3, 0.4) is 0 Å². The van der Waals surface area contributed by atoms with Crippen molar-refractivity contribution in [3.8, 4) is 0 Å². The fourth-order valence-electron chi connectivity index (χ4n) is 3.10. The molecule has 0 aliphatic heterocycles. The smallest absolute Gasteiger partial charge is 0.0747 e. The van der Waals surface area contributed by atoms with Crippen LogP contribution < -0.4 is 11.7 Å². The van der Waals surface area contributed by atoms with Crippen molar-refractivity contribution in [3.63, 3.8) is 0 Å². The zero-order chi connectivity index (χ0) is 21.9. The van der Waals surface area contributed by atoms with E-state index in [1.807, 2.05) is 13.8 Å². The molecule has 0 fully saturated rings. The van der Waals surface area contributed by atoms with E-state index in [2.05, 4.69) is 44.5 Å². The number of nitrogens with two attached hydrogens (primary N) is 2. The molecule has 1 aromatic carbocycles. The summed E-state index contributed by atoms with van der Waals surface area (Å²) < 4.78 is 0. The monoisotopic (exact) mass is 412 g/mol. The van der Waals surface area contributed by atoms with Crippen LogP contribution >= 0.6 is 0 Å². The van der Waals surface area contributed by atoms with E-state index in [1.54, 1.807) is 12.4 Å². The number of hydrogen-bond acceptors (Lipinski definition) is 6. The number of hydrogen-bond donors (Lipinski definition) is 2. The zero-order valence-electron chi connectivity index (χ0n) is 18.9. The molecular weight excluding hydrogens is 372 g/mol. The van der Waals surface area contributed by atoms with Gasteiger partial charge in [-0.25, -0.2) is 0 Å². The third-order valence-corrected chi connectivity index (χ3v) is 4.99. The van der Waals surface area contributed by atoms with Gasteiger partial charge < -0.3 is 11.7 Å². The molecule has 0 saturated carbocycles. The summed E-state index contributed by atoms with van der Waals surface area (Å²) >= 11 is 0. The minimum Gasteiger partial charge on any atom is -0.323 e. The number of unbranched alkanes of at least 4 members (excludes halogenated alkanes) is 6. The van der Waals surface area contributed by atoms with Crippen molar-refractivity contribution < 1.29 is 0 Å². The normalized spacial score (nSPS) is 13.0. The Morgan fingerprint density at radius 1 is 0.633 bits per heavy atom. The molecule has 0 saturated heterocycles. The lowest BCUT2D eigenvalue weighted by Crippen LogP contribution is -1.98. The van der Waals surface area contributed by atoms with Crippen molar-refractivity contribution in [2.24, 2.45) is 31.9 Å². The van der Waals surface area contributed by atoms with Gasteiger partial charge >= 0.3 is 0 Å². The lowest BCUT2D eigenvalue weighted by atomic mass is 10.0. The molecule has 0 amide bonds. The molecule has 0 spiro atoms. The molecule has 6 heteroatoms. The molecule has 1 rings (SSSR count). The van der Waals surface area contributed by atoms with Gasteiger partial charge in [0.25, 0.3) is 0 Å². The topological polar surface area (TPSA) is 101 Å². The Morgan fingerprint density at radius 2 is 1.00 bits per heavy atom. The van der Waals surface area contributed by atoms with Crippen molar-refractivity contribution >= 4 is 23.9 Å². The number of aryl methyl sites for hydroxylation is 2. The average molecular weight is 413 g/mol. The Kier molecular flexibility index (Phi) is 14.8. The predicted octanol–water partition coefficient (Wildman–Crippen LogP) is 4.70. The molecule has 0 aliphatic carbocycles. The maximum atomic E-state index is 5.17. The summed E-state index contributed by atoms with van der Waals surface area (Å²) in [6.45, 7) is 5.43. The Balaban J connectivity index is 2.05. The molecular formula is C24H40N6. The predicted molar refractivity (Wildman–Crippen MR) is 132 cm³/mol. The van der Waals surface area contributed by atoms with Gasteiger partial charge in [-0.15, -0.1) is 0 Å². The van der Waals surface area contributed by atoms with Crippen molar-refractivity contribution in [3.05, 3.63) is 35.4 Å². The average Bonchev–Trinajstić information content (AvgIpc) is 2.77. The number of aliphatic imine (C=N–C) groups is 2. The molecule has 0 aliphatic rings. The first-order valence-corrected chi connectivity index (χ1v) is 11.2. The summed E-state index contributed by atoms with van der Waals surface area (Å²) in [5.74, 6) is 10.3. The van der Waals surface area contributed by atoms with E-state index in [-0.39, 0.29) is 0 Å². The van der Waals surface area contributed by atoms with Crippen LogP contribution in [-0.4, -0.2) is 36.9 Å². The molecule has 0 unspecified atom stereocenters. The molecule has 0 aromatic heterocycles. The molecule has 166 valence electrons. The van der Waals surface area contributed by atoms with Crippen LogP contribution in [0.15, 0.2) is 44.5 Å². The maximum absolute atomic E-state index is 5.17. The SMILES string of the molecule is CC(C=NCCCCCCc1ccc(CCCCCCN=CC(C)=NN)cc1)=NN. The molecule has 6 nitrogen and oxygen atoms in total. The second-order valence-electron chi connectivity index (χ2n) is 7.76. The minimum absolute atomic E-state index is 0.771. The maximum Gasteiger partial charge on any atom is 0.0747 e. The summed E-state index contributed by atoms with van der Waals surface area (Å²) in [6.07, 6.45) is 15.5. The van der Waals surface area contributed by atoms with E-state index in [1.165, 1.54) is 49.7 Å². The summed E-state index contributed by atoms with van der Waals surface area (Å²) in [6, 6.07) is 9.18. The van der Waals surface area contributed by atoms with Gasteiger partial charge in [-0.3, -0.25) is 9.98 Å². The van der Waals surface area contributed by atoms with Gasteiger partial charge in [0.2, 0.25) is 0 Å². The van der Waals surface area contributed by atoms with E-state index in [9.17, 15) is 0 Å². The minimum atomic E-state index is 0.771. The molecule has 0 heterocycles. The summed E-state index contributed by atoms with van der Waals surface area (Å²) in [7, 11) is 0. The highest BCUT2D eigenvalue weighted by Gasteiger charge is 1.97.